The lowest BCUT2D eigenvalue weighted by molar-refractivity contribution is -0.118. The minimum Gasteiger partial charge on any atom is -0.353 e. The van der Waals surface area contributed by atoms with Crippen molar-refractivity contribution in [2.75, 3.05) is 20.4 Å². The Balaban J connectivity index is 0. The summed E-state index contributed by atoms with van der Waals surface area (Å²) in [5.41, 5.74) is 0. The molecule has 0 spiro atoms. The number of oxime groups is 1. The average Bonchev–Trinajstić information content (AvgIpc) is 2.51. The van der Waals surface area contributed by atoms with Gasteiger partial charge in [-0.15, -0.1) is 11.8 Å². The summed E-state index contributed by atoms with van der Waals surface area (Å²) in [6.07, 6.45) is 1.08. The fourth-order valence-electron chi connectivity index (χ4n) is 0.408. The second-order valence-electron chi connectivity index (χ2n) is 3.03. The number of hydrogen-bond acceptors (Lipinski definition) is 8. The van der Waals surface area contributed by atoms with Gasteiger partial charge in [0.05, 0.1) is 0 Å². The average molecular weight is 340 g/mol. The third-order valence-corrected chi connectivity index (χ3v) is 2.77. The van der Waals surface area contributed by atoms with E-state index in [0.29, 0.717) is 23.7 Å². The van der Waals surface area contributed by atoms with Gasteiger partial charge in [0.2, 0.25) is 5.91 Å². The Morgan fingerprint density at radius 1 is 1.14 bits per heavy atom. The first-order valence-electron chi connectivity index (χ1n) is 5.72. The maximum atomic E-state index is 10.5. The number of nitrogens with zero attached hydrogens (tertiary/aromatic N) is 1. The fraction of sp³-hybridized carbons (Fsp3) is 0.600. The molecule has 9 nitrogen and oxygen atoms in total. The summed E-state index contributed by atoms with van der Waals surface area (Å²) in [6, 6.07) is 0. The number of hydrogen-bond donors (Lipinski definition) is 3. The van der Waals surface area contributed by atoms with E-state index < -0.39 is 12.2 Å². The van der Waals surface area contributed by atoms with Crippen LogP contribution in [0.25, 0.3) is 0 Å². The van der Waals surface area contributed by atoms with Crippen LogP contribution in [0.2, 0.25) is 0 Å². The van der Waals surface area contributed by atoms with Crippen LogP contribution in [0.5, 0.6) is 0 Å². The summed E-state index contributed by atoms with van der Waals surface area (Å²) < 4.78 is 6.69. The summed E-state index contributed by atoms with van der Waals surface area (Å²) in [6.45, 7) is 3.46. The summed E-state index contributed by atoms with van der Waals surface area (Å²) in [7, 11) is 2.91. The molecule has 0 aliphatic rings. The fourth-order valence-corrected chi connectivity index (χ4v) is 0.957. The molecule has 0 atom stereocenters. The van der Waals surface area contributed by atoms with Crippen LogP contribution in [0.1, 0.15) is 20.3 Å². The van der Waals surface area contributed by atoms with Gasteiger partial charge in [0.25, 0.3) is 0 Å². The van der Waals surface area contributed by atoms with Crippen LogP contribution in [0.3, 0.4) is 0 Å². The van der Waals surface area contributed by atoms with Crippen molar-refractivity contribution in [2.24, 2.45) is 5.16 Å². The molecule has 3 N–H and O–H groups in total. The molecule has 3 amide bonds. The second-order valence-corrected chi connectivity index (χ2v) is 4.56. The third-order valence-electron chi connectivity index (χ3n) is 1.55. The molecule has 0 aromatic heterocycles. The number of carbonyl (C=O) groups is 3. The maximum absolute atomic E-state index is 10.5. The summed E-state index contributed by atoms with van der Waals surface area (Å²) in [4.78, 5) is 35.7. The Bertz CT molecular complexity index is 349. The molecule has 0 unspecified atom stereocenters. The molecular weight excluding hydrogens is 320 g/mol. The van der Waals surface area contributed by atoms with Gasteiger partial charge in [-0.1, -0.05) is 12.1 Å². The quantitative estimate of drug-likeness (QED) is 0.177. The SMILES string of the molecule is CCC(=O)NSOC(=O)NC.CNC(=O)O/N=C(\C)SC. The lowest BCUT2D eigenvalue weighted by Crippen LogP contribution is -2.20. The molecule has 0 saturated carbocycles. The van der Waals surface area contributed by atoms with Crippen LogP contribution in [0.15, 0.2) is 5.16 Å². The zero-order chi connectivity index (χ0) is 16.7. The molecule has 0 radical (unpaired) electrons. The van der Waals surface area contributed by atoms with E-state index in [-0.39, 0.29) is 5.91 Å². The largest absolute Gasteiger partial charge is 0.433 e. The predicted octanol–water partition coefficient (Wildman–Crippen LogP) is 1.47. The number of nitrogens with one attached hydrogen (secondary N) is 3. The van der Waals surface area contributed by atoms with E-state index in [1.807, 2.05) is 6.26 Å². The molecule has 0 aromatic rings. The molecule has 0 aliphatic heterocycles. The Hall–Kier alpha value is -1.62. The van der Waals surface area contributed by atoms with Crippen molar-refractivity contribution in [2.45, 2.75) is 20.3 Å². The Kier molecular flexibility index (Phi) is 15.3. The highest BCUT2D eigenvalue weighted by Crippen LogP contribution is 1.97. The first-order chi connectivity index (χ1) is 9.90. The van der Waals surface area contributed by atoms with Gasteiger partial charge < -0.3 is 14.8 Å². The van der Waals surface area contributed by atoms with Crippen LogP contribution in [-0.4, -0.2) is 43.5 Å². The van der Waals surface area contributed by atoms with Crippen molar-refractivity contribution in [3.05, 3.63) is 0 Å². The molecule has 0 bridgehead atoms. The van der Waals surface area contributed by atoms with Gasteiger partial charge in [0.15, 0.2) is 12.2 Å². The van der Waals surface area contributed by atoms with Crippen LogP contribution in [0, 0.1) is 0 Å². The molecule has 0 aromatic carbocycles. The molecule has 0 rings (SSSR count). The highest BCUT2D eigenvalue weighted by Gasteiger charge is 2.00. The van der Waals surface area contributed by atoms with Crippen LogP contribution >= 0.6 is 24.0 Å². The monoisotopic (exact) mass is 340 g/mol. The van der Waals surface area contributed by atoms with Crippen molar-refractivity contribution in [1.82, 2.24) is 15.4 Å². The number of rotatable bonds is 4. The van der Waals surface area contributed by atoms with Gasteiger partial charge >= 0.3 is 12.2 Å². The maximum Gasteiger partial charge on any atom is 0.433 e. The van der Waals surface area contributed by atoms with E-state index in [2.05, 4.69) is 29.5 Å². The highest BCUT2D eigenvalue weighted by atomic mass is 32.2. The molecular formula is C10H20N4O5S2. The van der Waals surface area contributed by atoms with Crippen molar-refractivity contribution in [3.8, 4) is 0 Å². The van der Waals surface area contributed by atoms with Gasteiger partial charge in [-0.3, -0.25) is 14.4 Å². The molecule has 122 valence electrons. The van der Waals surface area contributed by atoms with Crippen molar-refractivity contribution in [1.29, 1.82) is 0 Å². The molecule has 0 fully saturated rings. The normalized spacial score (nSPS) is 9.67. The molecule has 0 aliphatic carbocycles. The lowest BCUT2D eigenvalue weighted by atomic mass is 10.5. The van der Waals surface area contributed by atoms with Crippen LogP contribution in [0.4, 0.5) is 9.59 Å². The Labute approximate surface area is 132 Å². The lowest BCUT2D eigenvalue weighted by Gasteiger charge is -2.00. The smallest absolute Gasteiger partial charge is 0.353 e. The van der Waals surface area contributed by atoms with Crippen molar-refractivity contribution < 1.29 is 23.4 Å². The number of carbonyl (C=O) groups excluding carboxylic acids is 3. The number of amides is 3. The van der Waals surface area contributed by atoms with E-state index in [0.717, 1.165) is 0 Å². The first-order valence-corrected chi connectivity index (χ1v) is 7.69. The predicted molar refractivity (Wildman–Crippen MR) is 83.7 cm³/mol. The van der Waals surface area contributed by atoms with E-state index >= 15 is 0 Å². The third kappa shape index (κ3) is 16.3. The summed E-state index contributed by atoms with van der Waals surface area (Å²) >= 11 is 2.03. The van der Waals surface area contributed by atoms with E-state index in [1.165, 1.54) is 25.9 Å². The van der Waals surface area contributed by atoms with Gasteiger partial charge in [-0.05, 0) is 13.2 Å². The van der Waals surface area contributed by atoms with Crippen molar-refractivity contribution >= 4 is 47.1 Å². The number of thioether (sulfide) groups is 1. The Morgan fingerprint density at radius 2 is 1.71 bits per heavy atom. The zero-order valence-corrected chi connectivity index (χ0v) is 14.1. The van der Waals surface area contributed by atoms with Gasteiger partial charge in [-0.2, -0.15) is 0 Å². The van der Waals surface area contributed by atoms with Gasteiger partial charge in [-0.25, -0.2) is 9.59 Å². The standard InChI is InChI=1S/C5H10N2O3S.C5H10N2O2S/c1-3-4(8)7-11-10-5(9)6-2;1-4(10-3)7-9-5(8)6-2/h3H2,1-2H3,(H,6,9)(H,7,8);1-3H3,(H,6,8)/b;7-4+. The zero-order valence-electron chi connectivity index (χ0n) is 12.5. The molecule has 11 heteroatoms. The van der Waals surface area contributed by atoms with Crippen LogP contribution < -0.4 is 15.4 Å². The topological polar surface area (TPSA) is 118 Å². The molecule has 21 heavy (non-hydrogen) atoms. The molecule has 0 heterocycles. The minimum atomic E-state index is -0.591. The van der Waals surface area contributed by atoms with Crippen LogP contribution in [-0.2, 0) is 13.8 Å². The van der Waals surface area contributed by atoms with E-state index in [9.17, 15) is 14.4 Å². The van der Waals surface area contributed by atoms with E-state index in [4.69, 9.17) is 0 Å². The highest BCUT2D eigenvalue weighted by molar-refractivity contribution is 8.13. The summed E-state index contributed by atoms with van der Waals surface area (Å²) in [5, 5.41) is 8.68. The van der Waals surface area contributed by atoms with Crippen molar-refractivity contribution in [3.63, 3.8) is 0 Å². The minimum absolute atomic E-state index is 0.182. The first kappa shape index (κ1) is 21.7. The van der Waals surface area contributed by atoms with Gasteiger partial charge in [0, 0.05) is 20.5 Å². The van der Waals surface area contributed by atoms with E-state index in [1.54, 1.807) is 13.8 Å². The Morgan fingerprint density at radius 3 is 2.14 bits per heavy atom. The molecule has 0 saturated heterocycles. The second kappa shape index (κ2) is 14.8. The summed E-state index contributed by atoms with van der Waals surface area (Å²) in [5.74, 6) is -0.182. The van der Waals surface area contributed by atoms with Gasteiger partial charge in [0.1, 0.15) is 5.04 Å².